The lowest BCUT2D eigenvalue weighted by Gasteiger charge is -2.04. The molecule has 0 saturated carbocycles. The average molecular weight is 388 g/mol. The molecular weight excluding hydrogens is 374 g/mol. The number of non-ortho nitro benzene ring substituents is 1. The van der Waals surface area contributed by atoms with E-state index in [2.05, 4.69) is 4.99 Å². The van der Waals surface area contributed by atoms with Crippen molar-refractivity contribution in [2.24, 2.45) is 12.0 Å². The predicted molar refractivity (Wildman–Crippen MR) is 101 cm³/mol. The highest BCUT2D eigenvalue weighted by Crippen LogP contribution is 2.25. The number of hydrogen-bond acceptors (Lipinski definition) is 4. The summed E-state index contributed by atoms with van der Waals surface area (Å²) >= 11 is 7.32. The number of nitrogens with zero attached hydrogens (tertiary/aromatic N) is 3. The molecule has 132 valence electrons. The Morgan fingerprint density at radius 2 is 1.92 bits per heavy atom. The summed E-state index contributed by atoms with van der Waals surface area (Å²) in [5.41, 5.74) is 1.95. The number of aryl methyl sites for hydroxylation is 1. The molecule has 8 heteroatoms. The number of rotatable bonds is 3. The monoisotopic (exact) mass is 387 g/mol. The Hall–Kier alpha value is -2.77. The third-order valence-corrected chi connectivity index (χ3v) is 5.12. The summed E-state index contributed by atoms with van der Waals surface area (Å²) in [4.78, 5) is 28.4. The fourth-order valence-corrected chi connectivity index (χ4v) is 3.70. The van der Waals surface area contributed by atoms with Crippen LogP contribution in [0.4, 0.5) is 5.69 Å². The second kappa shape index (κ2) is 7.23. The van der Waals surface area contributed by atoms with Gasteiger partial charge >= 0.3 is 0 Å². The van der Waals surface area contributed by atoms with Gasteiger partial charge in [0.05, 0.1) is 10.6 Å². The molecule has 26 heavy (non-hydrogen) atoms. The SMILES string of the molecule is Cc1sc(=NC(=O)c2cccc([N+](=O)[O-])c2)n(C)c1-c1ccc(Cl)cc1. The summed E-state index contributed by atoms with van der Waals surface area (Å²) < 4.78 is 1.83. The number of nitro benzene ring substituents is 1. The van der Waals surface area contributed by atoms with Gasteiger partial charge in [0.2, 0.25) is 0 Å². The molecule has 1 aromatic heterocycles. The summed E-state index contributed by atoms with van der Waals surface area (Å²) in [7, 11) is 1.83. The van der Waals surface area contributed by atoms with Gasteiger partial charge < -0.3 is 4.57 Å². The fraction of sp³-hybridized carbons (Fsp3) is 0.111. The van der Waals surface area contributed by atoms with Gasteiger partial charge in [-0.1, -0.05) is 29.8 Å². The average Bonchev–Trinajstić information content (AvgIpc) is 2.89. The van der Waals surface area contributed by atoms with Crippen molar-refractivity contribution in [3.8, 4) is 11.3 Å². The van der Waals surface area contributed by atoms with Crippen molar-refractivity contribution < 1.29 is 9.72 Å². The number of hydrogen-bond donors (Lipinski definition) is 0. The molecule has 1 amide bonds. The first-order valence-corrected chi connectivity index (χ1v) is 8.82. The molecule has 0 fully saturated rings. The van der Waals surface area contributed by atoms with Crippen molar-refractivity contribution in [1.82, 2.24) is 4.57 Å². The number of carbonyl (C=O) groups is 1. The van der Waals surface area contributed by atoms with Crippen molar-refractivity contribution in [2.75, 3.05) is 0 Å². The van der Waals surface area contributed by atoms with Crippen LogP contribution in [0.3, 0.4) is 0 Å². The Kier molecular flexibility index (Phi) is 5.01. The van der Waals surface area contributed by atoms with Crippen LogP contribution in [0, 0.1) is 17.0 Å². The van der Waals surface area contributed by atoms with Crippen LogP contribution in [0.1, 0.15) is 15.2 Å². The van der Waals surface area contributed by atoms with E-state index in [0.29, 0.717) is 9.82 Å². The second-order valence-electron chi connectivity index (χ2n) is 5.58. The molecule has 0 bridgehead atoms. The quantitative estimate of drug-likeness (QED) is 0.494. The van der Waals surface area contributed by atoms with Gasteiger partial charge in [-0.25, -0.2) is 0 Å². The van der Waals surface area contributed by atoms with Gasteiger partial charge in [-0.05, 0) is 30.7 Å². The minimum atomic E-state index is -0.537. The lowest BCUT2D eigenvalue weighted by atomic mass is 10.1. The maximum atomic E-state index is 12.4. The summed E-state index contributed by atoms with van der Waals surface area (Å²) in [6, 6.07) is 13.0. The summed E-state index contributed by atoms with van der Waals surface area (Å²) in [6.07, 6.45) is 0. The number of carbonyl (C=O) groups excluding carboxylic acids is 1. The van der Waals surface area contributed by atoms with Gasteiger partial charge in [-0.2, -0.15) is 4.99 Å². The molecule has 0 aliphatic heterocycles. The van der Waals surface area contributed by atoms with Gasteiger partial charge in [-0.15, -0.1) is 11.3 Å². The molecule has 0 N–H and O–H groups in total. The molecule has 0 atom stereocenters. The third kappa shape index (κ3) is 3.58. The minimum absolute atomic E-state index is 0.139. The first-order chi connectivity index (χ1) is 12.4. The van der Waals surface area contributed by atoms with E-state index < -0.39 is 10.8 Å². The number of benzene rings is 2. The lowest BCUT2D eigenvalue weighted by molar-refractivity contribution is -0.384. The number of halogens is 1. The minimum Gasteiger partial charge on any atom is -0.319 e. The van der Waals surface area contributed by atoms with Crippen molar-refractivity contribution in [3.63, 3.8) is 0 Å². The number of nitro groups is 1. The number of thiazole rings is 1. The molecule has 0 saturated heterocycles. The van der Waals surface area contributed by atoms with Gasteiger partial charge in [0.15, 0.2) is 4.80 Å². The summed E-state index contributed by atoms with van der Waals surface area (Å²) in [5, 5.41) is 11.5. The molecular formula is C18H14ClN3O3S. The van der Waals surface area contributed by atoms with Crippen LogP contribution in [0.2, 0.25) is 5.02 Å². The van der Waals surface area contributed by atoms with Crippen LogP contribution in [0.15, 0.2) is 53.5 Å². The van der Waals surface area contributed by atoms with E-state index in [4.69, 9.17) is 11.6 Å². The standard InChI is InChI=1S/C18H14ClN3O3S/c1-11-16(12-6-8-14(19)9-7-12)21(2)18(26-11)20-17(23)13-4-3-5-15(10-13)22(24)25/h3-10H,1-2H3. The van der Waals surface area contributed by atoms with Crippen molar-refractivity contribution >= 4 is 34.5 Å². The van der Waals surface area contributed by atoms with E-state index in [9.17, 15) is 14.9 Å². The Morgan fingerprint density at radius 3 is 2.58 bits per heavy atom. The zero-order valence-corrected chi connectivity index (χ0v) is 15.5. The van der Waals surface area contributed by atoms with Crippen LogP contribution in [-0.2, 0) is 7.05 Å². The third-order valence-electron chi connectivity index (χ3n) is 3.82. The van der Waals surface area contributed by atoms with E-state index in [1.165, 1.54) is 35.6 Å². The van der Waals surface area contributed by atoms with Crippen LogP contribution >= 0.6 is 22.9 Å². The fourth-order valence-electron chi connectivity index (χ4n) is 2.59. The molecule has 0 aliphatic carbocycles. The Balaban J connectivity index is 2.03. The van der Waals surface area contributed by atoms with E-state index >= 15 is 0 Å². The van der Waals surface area contributed by atoms with Crippen LogP contribution in [0.5, 0.6) is 0 Å². The first-order valence-electron chi connectivity index (χ1n) is 7.62. The van der Waals surface area contributed by atoms with Crippen LogP contribution in [0.25, 0.3) is 11.3 Å². The van der Waals surface area contributed by atoms with Gasteiger partial charge in [0.25, 0.3) is 11.6 Å². The largest absolute Gasteiger partial charge is 0.319 e. The zero-order chi connectivity index (χ0) is 18.8. The molecule has 2 aromatic carbocycles. The topological polar surface area (TPSA) is 77.5 Å². The van der Waals surface area contributed by atoms with Crippen LogP contribution in [-0.4, -0.2) is 15.4 Å². The number of amides is 1. The van der Waals surface area contributed by atoms with E-state index in [1.807, 2.05) is 30.7 Å². The van der Waals surface area contributed by atoms with E-state index in [-0.39, 0.29) is 11.3 Å². The molecule has 1 heterocycles. The van der Waals surface area contributed by atoms with E-state index in [0.717, 1.165) is 16.1 Å². The normalized spacial score (nSPS) is 11.6. The Bertz CT molecular complexity index is 1070. The second-order valence-corrected chi connectivity index (χ2v) is 7.20. The lowest BCUT2D eigenvalue weighted by Crippen LogP contribution is -2.14. The highest BCUT2D eigenvalue weighted by Gasteiger charge is 2.14. The maximum Gasteiger partial charge on any atom is 0.279 e. The van der Waals surface area contributed by atoms with E-state index in [1.54, 1.807) is 12.1 Å². The highest BCUT2D eigenvalue weighted by atomic mass is 35.5. The predicted octanol–water partition coefficient (Wildman–Crippen LogP) is 4.36. The van der Waals surface area contributed by atoms with Crippen molar-refractivity contribution in [3.05, 3.63) is 78.9 Å². The van der Waals surface area contributed by atoms with Gasteiger partial charge in [-0.3, -0.25) is 14.9 Å². The molecule has 0 unspecified atom stereocenters. The molecule has 0 radical (unpaired) electrons. The maximum absolute atomic E-state index is 12.4. The molecule has 0 spiro atoms. The van der Waals surface area contributed by atoms with Crippen molar-refractivity contribution in [1.29, 1.82) is 0 Å². The summed E-state index contributed by atoms with van der Waals surface area (Å²) in [6.45, 7) is 1.95. The Labute approximate surface area is 158 Å². The van der Waals surface area contributed by atoms with Gasteiger partial charge in [0, 0.05) is 34.6 Å². The van der Waals surface area contributed by atoms with Crippen LogP contribution < -0.4 is 4.80 Å². The molecule has 3 aromatic rings. The zero-order valence-electron chi connectivity index (χ0n) is 14.0. The molecule has 6 nitrogen and oxygen atoms in total. The smallest absolute Gasteiger partial charge is 0.279 e. The number of aromatic nitrogens is 1. The van der Waals surface area contributed by atoms with Gasteiger partial charge in [0.1, 0.15) is 0 Å². The molecule has 3 rings (SSSR count). The van der Waals surface area contributed by atoms with Crippen molar-refractivity contribution in [2.45, 2.75) is 6.92 Å². The first kappa shape index (κ1) is 18.0. The Morgan fingerprint density at radius 1 is 1.23 bits per heavy atom. The molecule has 0 aliphatic rings. The highest BCUT2D eigenvalue weighted by molar-refractivity contribution is 7.09. The summed E-state index contributed by atoms with van der Waals surface area (Å²) in [5.74, 6) is -0.520.